The highest BCUT2D eigenvalue weighted by molar-refractivity contribution is 5.96. The van der Waals surface area contributed by atoms with Crippen molar-refractivity contribution in [2.24, 2.45) is 0 Å². The van der Waals surface area contributed by atoms with Crippen LogP contribution in [0.1, 0.15) is 46.3 Å². The molecule has 1 heteroatoms. The van der Waals surface area contributed by atoms with Gasteiger partial charge in [-0.2, -0.15) is 0 Å². The molecule has 124 valence electrons. The zero-order valence-electron chi connectivity index (χ0n) is 14.4. The van der Waals surface area contributed by atoms with Crippen LogP contribution in [0.3, 0.4) is 0 Å². The fourth-order valence-corrected chi connectivity index (χ4v) is 2.99. The van der Waals surface area contributed by atoms with Gasteiger partial charge in [0.1, 0.15) is 0 Å². The number of hydrogen-bond donors (Lipinski definition) is 0. The van der Waals surface area contributed by atoms with Crippen LogP contribution in [-0.2, 0) is 0 Å². The molecule has 0 aliphatic carbocycles. The van der Waals surface area contributed by atoms with E-state index >= 15 is 0 Å². The third-order valence-corrected chi connectivity index (χ3v) is 4.37. The van der Waals surface area contributed by atoms with Crippen molar-refractivity contribution in [3.05, 3.63) is 107 Å². The molecular weight excluding hydrogens is 304 g/mol. The molecule has 0 amide bonds. The first-order valence-corrected chi connectivity index (χ1v) is 8.64. The summed E-state index contributed by atoms with van der Waals surface area (Å²) in [5.41, 5.74) is 4.33. The molecule has 0 aliphatic rings. The van der Waals surface area contributed by atoms with Crippen LogP contribution in [0.5, 0.6) is 0 Å². The van der Waals surface area contributed by atoms with Crippen LogP contribution in [0, 0.1) is 0 Å². The minimum absolute atomic E-state index is 0.171. The number of benzene rings is 3. The normalized spacial score (nSPS) is 12.2. The van der Waals surface area contributed by atoms with Gasteiger partial charge in [0.25, 0.3) is 0 Å². The van der Waals surface area contributed by atoms with E-state index in [0.29, 0.717) is 6.42 Å². The summed E-state index contributed by atoms with van der Waals surface area (Å²) in [7, 11) is 0. The third kappa shape index (κ3) is 4.54. The monoisotopic (exact) mass is 326 g/mol. The molecule has 3 aromatic rings. The highest BCUT2D eigenvalue weighted by Gasteiger charge is 2.14. The van der Waals surface area contributed by atoms with E-state index in [-0.39, 0.29) is 11.7 Å². The fourth-order valence-electron chi connectivity index (χ4n) is 2.99. The van der Waals surface area contributed by atoms with Crippen molar-refractivity contribution < 1.29 is 4.79 Å². The lowest BCUT2D eigenvalue weighted by molar-refractivity contribution is 0.0975. The summed E-state index contributed by atoms with van der Waals surface area (Å²) in [5.74, 6) is 0.360. The van der Waals surface area contributed by atoms with Crippen molar-refractivity contribution in [1.29, 1.82) is 0 Å². The van der Waals surface area contributed by atoms with E-state index in [0.717, 1.165) is 5.56 Å². The van der Waals surface area contributed by atoms with E-state index < -0.39 is 0 Å². The minimum atomic E-state index is 0.171. The SMILES string of the molecule is C[C@@H](CC(=O)c1ccccc1)c1ccccc1/C=C/c1ccccc1. The highest BCUT2D eigenvalue weighted by Crippen LogP contribution is 2.26. The Labute approximate surface area is 149 Å². The van der Waals surface area contributed by atoms with Crippen molar-refractivity contribution in [3.8, 4) is 0 Å². The standard InChI is InChI=1S/C24H22O/c1-19(18-24(25)22-13-6-3-7-14-22)23-15-9-8-12-21(23)17-16-20-10-4-2-5-11-20/h2-17,19H,18H2,1H3/b17-16+/t19-/m0/s1. The summed E-state index contributed by atoms with van der Waals surface area (Å²) in [6, 6.07) is 28.1. The summed E-state index contributed by atoms with van der Waals surface area (Å²) < 4.78 is 0. The van der Waals surface area contributed by atoms with Crippen LogP contribution in [-0.4, -0.2) is 5.78 Å². The van der Waals surface area contributed by atoms with Crippen molar-refractivity contribution in [2.45, 2.75) is 19.3 Å². The summed E-state index contributed by atoms with van der Waals surface area (Å²) in [6.07, 6.45) is 4.76. The van der Waals surface area contributed by atoms with E-state index in [1.807, 2.05) is 60.7 Å². The minimum Gasteiger partial charge on any atom is -0.294 e. The largest absolute Gasteiger partial charge is 0.294 e. The van der Waals surface area contributed by atoms with Gasteiger partial charge in [0.05, 0.1) is 0 Å². The second-order valence-corrected chi connectivity index (χ2v) is 6.27. The average Bonchev–Trinajstić information content (AvgIpc) is 2.68. The van der Waals surface area contributed by atoms with Gasteiger partial charge in [-0.3, -0.25) is 4.79 Å². The topological polar surface area (TPSA) is 17.1 Å². The number of rotatable bonds is 6. The van der Waals surface area contributed by atoms with Crippen LogP contribution in [0.4, 0.5) is 0 Å². The molecule has 0 fully saturated rings. The van der Waals surface area contributed by atoms with E-state index in [1.165, 1.54) is 16.7 Å². The predicted octanol–water partition coefficient (Wildman–Crippen LogP) is 6.23. The molecule has 0 spiro atoms. The number of Topliss-reactive ketones (excluding diaryl/α,β-unsaturated/α-hetero) is 1. The predicted molar refractivity (Wildman–Crippen MR) is 106 cm³/mol. The van der Waals surface area contributed by atoms with Crippen molar-refractivity contribution >= 4 is 17.9 Å². The lowest BCUT2D eigenvalue weighted by atomic mass is 9.89. The molecule has 0 saturated heterocycles. The Balaban J connectivity index is 1.78. The number of carbonyl (C=O) groups is 1. The van der Waals surface area contributed by atoms with Gasteiger partial charge in [-0.05, 0) is 22.6 Å². The van der Waals surface area contributed by atoms with E-state index in [2.05, 4.69) is 43.3 Å². The van der Waals surface area contributed by atoms with Gasteiger partial charge < -0.3 is 0 Å². The van der Waals surface area contributed by atoms with Gasteiger partial charge in [0.2, 0.25) is 0 Å². The molecule has 0 saturated carbocycles. The Bertz CT molecular complexity index is 848. The Morgan fingerprint density at radius 2 is 1.40 bits per heavy atom. The van der Waals surface area contributed by atoms with Gasteiger partial charge >= 0.3 is 0 Å². The molecule has 25 heavy (non-hydrogen) atoms. The van der Waals surface area contributed by atoms with E-state index in [4.69, 9.17) is 0 Å². The van der Waals surface area contributed by atoms with Crippen LogP contribution >= 0.6 is 0 Å². The molecule has 0 N–H and O–H groups in total. The molecule has 0 radical (unpaired) electrons. The lowest BCUT2D eigenvalue weighted by Crippen LogP contribution is -2.06. The van der Waals surface area contributed by atoms with E-state index in [1.54, 1.807) is 0 Å². The highest BCUT2D eigenvalue weighted by atomic mass is 16.1. The number of ketones is 1. The summed E-state index contributed by atoms with van der Waals surface area (Å²) >= 11 is 0. The second kappa shape index (κ2) is 8.25. The molecule has 1 atom stereocenters. The van der Waals surface area contributed by atoms with Gasteiger partial charge in [0.15, 0.2) is 5.78 Å². The Kier molecular flexibility index (Phi) is 5.58. The smallest absolute Gasteiger partial charge is 0.163 e. The fraction of sp³-hybridized carbons (Fsp3) is 0.125. The van der Waals surface area contributed by atoms with Crippen molar-refractivity contribution in [2.75, 3.05) is 0 Å². The molecule has 0 aromatic heterocycles. The summed E-state index contributed by atoms with van der Waals surface area (Å²) in [4.78, 5) is 12.5. The van der Waals surface area contributed by atoms with Crippen LogP contribution < -0.4 is 0 Å². The van der Waals surface area contributed by atoms with Gasteiger partial charge in [0, 0.05) is 12.0 Å². The molecule has 0 aliphatic heterocycles. The Morgan fingerprint density at radius 1 is 0.800 bits per heavy atom. The quantitative estimate of drug-likeness (QED) is 0.387. The molecule has 3 rings (SSSR count). The maximum atomic E-state index is 12.5. The van der Waals surface area contributed by atoms with Gasteiger partial charge in [-0.1, -0.05) is 104 Å². The van der Waals surface area contributed by atoms with E-state index in [9.17, 15) is 4.79 Å². The maximum absolute atomic E-state index is 12.5. The first kappa shape index (κ1) is 16.9. The Hall–Kier alpha value is -2.93. The lowest BCUT2D eigenvalue weighted by Gasteiger charge is -2.14. The van der Waals surface area contributed by atoms with Crippen LogP contribution in [0.15, 0.2) is 84.9 Å². The summed E-state index contributed by atoms with van der Waals surface area (Å²) in [6.45, 7) is 2.12. The van der Waals surface area contributed by atoms with Gasteiger partial charge in [-0.25, -0.2) is 0 Å². The molecule has 3 aromatic carbocycles. The van der Waals surface area contributed by atoms with Crippen molar-refractivity contribution in [3.63, 3.8) is 0 Å². The summed E-state index contributed by atoms with van der Waals surface area (Å²) in [5, 5.41) is 0. The molecule has 0 bridgehead atoms. The zero-order valence-corrected chi connectivity index (χ0v) is 14.4. The first-order valence-electron chi connectivity index (χ1n) is 8.64. The van der Waals surface area contributed by atoms with Crippen LogP contribution in [0.25, 0.3) is 12.2 Å². The number of carbonyl (C=O) groups excluding carboxylic acids is 1. The average molecular weight is 326 g/mol. The molecule has 0 heterocycles. The molecule has 1 nitrogen and oxygen atoms in total. The molecule has 0 unspecified atom stereocenters. The first-order chi connectivity index (χ1) is 12.2. The van der Waals surface area contributed by atoms with Gasteiger partial charge in [-0.15, -0.1) is 0 Å². The zero-order chi connectivity index (χ0) is 17.5. The third-order valence-electron chi connectivity index (χ3n) is 4.37. The number of hydrogen-bond acceptors (Lipinski definition) is 1. The second-order valence-electron chi connectivity index (χ2n) is 6.27. The molecular formula is C24H22O. The Morgan fingerprint density at radius 3 is 2.12 bits per heavy atom. The maximum Gasteiger partial charge on any atom is 0.163 e. The van der Waals surface area contributed by atoms with Crippen molar-refractivity contribution in [1.82, 2.24) is 0 Å². The van der Waals surface area contributed by atoms with Crippen LogP contribution in [0.2, 0.25) is 0 Å².